The summed E-state index contributed by atoms with van der Waals surface area (Å²) in [5.41, 5.74) is 0. The first kappa shape index (κ1) is 32.5. The molecule has 4 rings (SSSR count). The van der Waals surface area contributed by atoms with E-state index in [0.717, 1.165) is 0 Å². The number of carbonyl (C=O) groups is 2. The van der Waals surface area contributed by atoms with Crippen LogP contribution in [0.2, 0.25) is 0 Å². The summed E-state index contributed by atoms with van der Waals surface area (Å²) in [4.78, 5) is 23.9. The summed E-state index contributed by atoms with van der Waals surface area (Å²) in [6.45, 7) is 13.2. The van der Waals surface area contributed by atoms with Gasteiger partial charge in [0.15, 0.2) is 36.0 Å². The number of esters is 2. The Morgan fingerprint density at radius 2 is 1.41 bits per heavy atom. The minimum absolute atomic E-state index is 0.141. The molecular formula is C27H44O14. The molecule has 0 aromatic carbocycles. The van der Waals surface area contributed by atoms with E-state index in [0.29, 0.717) is 0 Å². The van der Waals surface area contributed by atoms with Gasteiger partial charge in [-0.2, -0.15) is 0 Å². The van der Waals surface area contributed by atoms with Crippen LogP contribution in [0, 0.1) is 0 Å². The molecule has 41 heavy (non-hydrogen) atoms. The summed E-state index contributed by atoms with van der Waals surface area (Å²) in [5.74, 6) is -4.04. The topological polar surface area (TPSA) is 145 Å². The zero-order valence-electron chi connectivity index (χ0n) is 25.4. The normalized spacial score (nSPS) is 38.0. The standard InChI is InChI=1S/C27H44O14/c1-13(28)32-11-15-18-20(40-26(5,6)38-18)21(34-14(2)29)24(35-15)36-17(16-12-33-25(3,4)37-16)19-22(23(30-9)31-10)41-27(7,8)39-19/h15-24H,11-12H2,1-10H3/t15-,16-,17-,18+,19+,20+,21-,22-,24+/m1/s1. The molecule has 0 aliphatic carbocycles. The van der Waals surface area contributed by atoms with E-state index in [2.05, 4.69) is 0 Å². The van der Waals surface area contributed by atoms with E-state index in [-0.39, 0.29) is 13.2 Å². The average molecular weight is 593 g/mol. The number of rotatable bonds is 10. The van der Waals surface area contributed by atoms with Gasteiger partial charge in [0, 0.05) is 28.1 Å². The fourth-order valence-corrected chi connectivity index (χ4v) is 5.65. The number of hydrogen-bond acceptors (Lipinski definition) is 14. The molecule has 4 aliphatic heterocycles. The van der Waals surface area contributed by atoms with Gasteiger partial charge in [0.2, 0.25) is 0 Å². The zero-order valence-corrected chi connectivity index (χ0v) is 25.4. The van der Waals surface area contributed by atoms with Crippen molar-refractivity contribution in [1.29, 1.82) is 0 Å². The summed E-state index contributed by atoms with van der Waals surface area (Å²) in [5, 5.41) is 0. The van der Waals surface area contributed by atoms with Crippen LogP contribution in [0.5, 0.6) is 0 Å². The molecule has 0 saturated carbocycles. The van der Waals surface area contributed by atoms with Crippen molar-refractivity contribution in [2.45, 2.75) is 134 Å². The molecule has 14 nitrogen and oxygen atoms in total. The minimum Gasteiger partial charge on any atom is -0.463 e. The molecule has 0 N–H and O–H groups in total. The molecule has 0 radical (unpaired) electrons. The van der Waals surface area contributed by atoms with E-state index >= 15 is 0 Å². The third-order valence-corrected chi connectivity index (χ3v) is 7.09. The van der Waals surface area contributed by atoms with Gasteiger partial charge in [0.25, 0.3) is 0 Å². The van der Waals surface area contributed by atoms with E-state index in [1.165, 1.54) is 28.1 Å². The molecule has 9 atom stereocenters. The van der Waals surface area contributed by atoms with Crippen LogP contribution in [0.25, 0.3) is 0 Å². The second-order valence-electron chi connectivity index (χ2n) is 11.9. The summed E-state index contributed by atoms with van der Waals surface area (Å²) >= 11 is 0. The molecule has 0 aromatic heterocycles. The molecule has 0 amide bonds. The second-order valence-corrected chi connectivity index (χ2v) is 11.9. The third kappa shape index (κ3) is 7.55. The number of carbonyl (C=O) groups excluding carboxylic acids is 2. The van der Waals surface area contributed by atoms with Crippen molar-refractivity contribution in [2.75, 3.05) is 27.4 Å². The van der Waals surface area contributed by atoms with Gasteiger partial charge in [-0.15, -0.1) is 0 Å². The lowest BCUT2D eigenvalue weighted by molar-refractivity contribution is -0.317. The van der Waals surface area contributed by atoms with Crippen molar-refractivity contribution >= 4 is 11.9 Å². The van der Waals surface area contributed by atoms with Crippen LogP contribution in [0.3, 0.4) is 0 Å². The van der Waals surface area contributed by atoms with Gasteiger partial charge >= 0.3 is 11.9 Å². The first-order chi connectivity index (χ1) is 19.0. The van der Waals surface area contributed by atoms with Gasteiger partial charge in [-0.25, -0.2) is 0 Å². The molecule has 0 spiro atoms. The molecule has 236 valence electrons. The Kier molecular flexibility index (Phi) is 9.71. The molecule has 0 aromatic rings. The third-order valence-electron chi connectivity index (χ3n) is 7.09. The predicted octanol–water partition coefficient (Wildman–Crippen LogP) is 1.40. The lowest BCUT2D eigenvalue weighted by atomic mass is 9.98. The Hall–Kier alpha value is -1.46. The largest absolute Gasteiger partial charge is 0.463 e. The van der Waals surface area contributed by atoms with E-state index in [9.17, 15) is 9.59 Å². The highest BCUT2D eigenvalue weighted by Crippen LogP contribution is 2.42. The SMILES string of the molecule is COC(OC)[C@@H]1OC(C)(C)O[C@H]1[C@H](O[C@@H]1O[C@H](COC(C)=O)[C@@H]2OC(C)(C)O[C@@H]2[C@H]1OC(C)=O)[C@H]1COC(C)(C)O1. The Morgan fingerprint density at radius 1 is 0.805 bits per heavy atom. The number of hydrogen-bond donors (Lipinski definition) is 0. The molecule has 4 aliphatic rings. The van der Waals surface area contributed by atoms with Crippen LogP contribution in [0.1, 0.15) is 55.4 Å². The summed E-state index contributed by atoms with van der Waals surface area (Å²) in [6.07, 6.45) is -8.53. The first-order valence-corrected chi connectivity index (χ1v) is 13.7. The van der Waals surface area contributed by atoms with Crippen molar-refractivity contribution in [3.8, 4) is 0 Å². The van der Waals surface area contributed by atoms with Crippen LogP contribution in [-0.4, -0.2) is 118 Å². The number of methoxy groups -OCH3 is 2. The Balaban J connectivity index is 1.70. The zero-order chi connectivity index (χ0) is 30.3. The molecule has 14 heteroatoms. The van der Waals surface area contributed by atoms with Gasteiger partial charge in [0.1, 0.15) is 49.3 Å². The minimum atomic E-state index is -1.22. The Bertz CT molecular complexity index is 933. The van der Waals surface area contributed by atoms with Crippen molar-refractivity contribution in [3.05, 3.63) is 0 Å². The monoisotopic (exact) mass is 592 g/mol. The highest BCUT2D eigenvalue weighted by molar-refractivity contribution is 5.66. The number of fused-ring (bicyclic) bond motifs is 1. The molecule has 4 saturated heterocycles. The quantitative estimate of drug-likeness (QED) is 0.266. The molecule has 4 heterocycles. The first-order valence-electron chi connectivity index (χ1n) is 13.7. The molecular weight excluding hydrogens is 548 g/mol. The van der Waals surface area contributed by atoms with Crippen LogP contribution in [0.15, 0.2) is 0 Å². The van der Waals surface area contributed by atoms with Gasteiger partial charge < -0.3 is 56.8 Å². The smallest absolute Gasteiger partial charge is 0.303 e. The summed E-state index contributed by atoms with van der Waals surface area (Å²) < 4.78 is 71.9. The maximum absolute atomic E-state index is 12.3. The molecule has 4 fully saturated rings. The van der Waals surface area contributed by atoms with Crippen molar-refractivity contribution < 1.29 is 66.4 Å². The summed E-state index contributed by atoms with van der Waals surface area (Å²) in [6, 6.07) is 0. The average Bonchev–Trinajstić information content (AvgIpc) is 3.49. The van der Waals surface area contributed by atoms with Crippen LogP contribution in [-0.2, 0) is 66.4 Å². The van der Waals surface area contributed by atoms with E-state index < -0.39 is 90.7 Å². The van der Waals surface area contributed by atoms with Crippen molar-refractivity contribution in [1.82, 2.24) is 0 Å². The highest BCUT2D eigenvalue weighted by Gasteiger charge is 2.60. The molecule has 0 bridgehead atoms. The van der Waals surface area contributed by atoms with Gasteiger partial charge in [-0.05, 0) is 41.5 Å². The van der Waals surface area contributed by atoms with Crippen molar-refractivity contribution in [2.24, 2.45) is 0 Å². The number of ether oxygens (including phenoxy) is 12. The van der Waals surface area contributed by atoms with Gasteiger partial charge in [0.05, 0.1) is 6.61 Å². The Morgan fingerprint density at radius 3 is 1.98 bits per heavy atom. The maximum Gasteiger partial charge on any atom is 0.303 e. The lowest BCUT2D eigenvalue weighted by Crippen LogP contribution is -2.62. The lowest BCUT2D eigenvalue weighted by Gasteiger charge is -2.43. The fourth-order valence-electron chi connectivity index (χ4n) is 5.65. The molecule has 0 unspecified atom stereocenters. The Labute approximate surface area is 240 Å². The van der Waals surface area contributed by atoms with Gasteiger partial charge in [-0.1, -0.05) is 0 Å². The van der Waals surface area contributed by atoms with E-state index in [1.807, 2.05) is 0 Å². The predicted molar refractivity (Wildman–Crippen MR) is 136 cm³/mol. The van der Waals surface area contributed by atoms with Crippen LogP contribution >= 0.6 is 0 Å². The second kappa shape index (κ2) is 12.3. The highest BCUT2D eigenvalue weighted by atomic mass is 16.8. The van der Waals surface area contributed by atoms with Crippen LogP contribution in [0.4, 0.5) is 0 Å². The van der Waals surface area contributed by atoms with Crippen LogP contribution < -0.4 is 0 Å². The fraction of sp³-hybridized carbons (Fsp3) is 0.926. The van der Waals surface area contributed by atoms with Crippen molar-refractivity contribution in [3.63, 3.8) is 0 Å². The van der Waals surface area contributed by atoms with Gasteiger partial charge in [-0.3, -0.25) is 9.59 Å². The van der Waals surface area contributed by atoms with E-state index in [4.69, 9.17) is 56.8 Å². The maximum atomic E-state index is 12.3. The van der Waals surface area contributed by atoms with E-state index in [1.54, 1.807) is 41.5 Å². The summed E-state index contributed by atoms with van der Waals surface area (Å²) in [7, 11) is 2.99.